The second kappa shape index (κ2) is 7.68. The molecule has 9 nitrogen and oxygen atoms in total. The fourth-order valence-corrected chi connectivity index (χ4v) is 5.41. The zero-order chi connectivity index (χ0) is 22.6. The molecule has 1 aromatic carbocycles. The molecular formula is C21H19N5O4S2. The molecule has 4 heterocycles. The molecule has 164 valence electrons. The molecule has 0 unspecified atom stereocenters. The Balaban J connectivity index is 1.46. The van der Waals surface area contributed by atoms with Crippen LogP contribution in [0.5, 0.6) is 11.5 Å². The van der Waals surface area contributed by atoms with Gasteiger partial charge in [-0.25, -0.2) is 14.6 Å². The summed E-state index contributed by atoms with van der Waals surface area (Å²) in [6, 6.07) is 3.69. The van der Waals surface area contributed by atoms with Crippen molar-refractivity contribution < 1.29 is 14.3 Å². The summed E-state index contributed by atoms with van der Waals surface area (Å²) in [6.07, 6.45) is 0. The molecule has 1 N–H and O–H groups in total. The third-order valence-corrected chi connectivity index (χ3v) is 7.32. The number of nitrogens with one attached hydrogen (secondary N) is 1. The van der Waals surface area contributed by atoms with Gasteiger partial charge in [0.05, 0.1) is 27.2 Å². The standard InChI is InChI=1S/C21H19N5O4S2/c1-9-10(2)25-26(4)20(28)16(9)19-22-11(3)17(32-19)18(27)24-21-23-12-7-13-14(8-15(12)31-21)30-6-5-29-13/h7-8H,5-6H2,1-4H3,(H,23,24,27). The summed E-state index contributed by atoms with van der Waals surface area (Å²) in [7, 11) is 1.60. The number of rotatable bonds is 3. The van der Waals surface area contributed by atoms with E-state index >= 15 is 0 Å². The summed E-state index contributed by atoms with van der Waals surface area (Å²) >= 11 is 2.54. The second-order valence-electron chi connectivity index (χ2n) is 7.38. The Morgan fingerprint density at radius 1 is 1.06 bits per heavy atom. The largest absolute Gasteiger partial charge is 0.486 e. The monoisotopic (exact) mass is 469 g/mol. The molecule has 0 saturated carbocycles. The number of carbonyl (C=O) groups is 1. The lowest BCUT2D eigenvalue weighted by Crippen LogP contribution is -2.23. The highest BCUT2D eigenvalue weighted by atomic mass is 32.1. The lowest BCUT2D eigenvalue weighted by molar-refractivity contribution is 0.103. The Hall–Kier alpha value is -3.31. The number of fused-ring (bicyclic) bond motifs is 2. The zero-order valence-electron chi connectivity index (χ0n) is 17.8. The molecule has 5 rings (SSSR count). The van der Waals surface area contributed by atoms with Gasteiger partial charge < -0.3 is 9.47 Å². The lowest BCUT2D eigenvalue weighted by atomic mass is 10.1. The van der Waals surface area contributed by atoms with E-state index in [1.807, 2.05) is 26.0 Å². The summed E-state index contributed by atoms with van der Waals surface area (Å²) in [5, 5.41) is 8.03. The molecule has 0 atom stereocenters. The third kappa shape index (κ3) is 3.43. The highest BCUT2D eigenvalue weighted by Gasteiger charge is 2.22. The molecule has 32 heavy (non-hydrogen) atoms. The van der Waals surface area contributed by atoms with Gasteiger partial charge in [0.1, 0.15) is 23.1 Å². The molecule has 11 heteroatoms. The Morgan fingerprint density at radius 2 is 1.78 bits per heavy atom. The summed E-state index contributed by atoms with van der Waals surface area (Å²) in [6.45, 7) is 6.44. The molecule has 0 aliphatic carbocycles. The van der Waals surface area contributed by atoms with E-state index < -0.39 is 0 Å². The molecule has 0 spiro atoms. The van der Waals surface area contributed by atoms with Crippen molar-refractivity contribution in [1.82, 2.24) is 19.7 Å². The number of aromatic nitrogens is 4. The van der Waals surface area contributed by atoms with Crippen molar-refractivity contribution in [1.29, 1.82) is 0 Å². The molecule has 1 amide bonds. The van der Waals surface area contributed by atoms with Crippen LogP contribution in [0, 0.1) is 20.8 Å². The number of ether oxygens (including phenoxy) is 2. The van der Waals surface area contributed by atoms with Crippen molar-refractivity contribution in [3.8, 4) is 22.1 Å². The maximum absolute atomic E-state index is 13.0. The molecule has 4 aromatic rings. The molecule has 0 saturated heterocycles. The van der Waals surface area contributed by atoms with Crippen molar-refractivity contribution in [3.05, 3.63) is 44.3 Å². The van der Waals surface area contributed by atoms with E-state index in [-0.39, 0.29) is 11.5 Å². The van der Waals surface area contributed by atoms with Gasteiger partial charge in [-0.05, 0) is 26.3 Å². The molecule has 0 radical (unpaired) electrons. The number of hydrogen-bond acceptors (Lipinski definition) is 9. The molecule has 0 bridgehead atoms. The van der Waals surface area contributed by atoms with Crippen molar-refractivity contribution in [2.24, 2.45) is 7.05 Å². The first-order valence-electron chi connectivity index (χ1n) is 9.85. The molecule has 1 aliphatic rings. The fourth-order valence-electron chi connectivity index (χ4n) is 3.49. The first-order chi connectivity index (χ1) is 15.3. The highest BCUT2D eigenvalue weighted by molar-refractivity contribution is 7.22. The van der Waals surface area contributed by atoms with Crippen LogP contribution in [0.15, 0.2) is 16.9 Å². The van der Waals surface area contributed by atoms with Gasteiger partial charge in [-0.3, -0.25) is 14.9 Å². The smallest absolute Gasteiger partial charge is 0.277 e. The lowest BCUT2D eigenvalue weighted by Gasteiger charge is -2.17. The minimum absolute atomic E-state index is 0.242. The van der Waals surface area contributed by atoms with Gasteiger partial charge in [0.25, 0.3) is 11.5 Å². The van der Waals surface area contributed by atoms with Gasteiger partial charge in [-0.15, -0.1) is 11.3 Å². The Bertz CT molecular complexity index is 1410. The maximum Gasteiger partial charge on any atom is 0.277 e. The molecule has 1 aliphatic heterocycles. The van der Waals surface area contributed by atoms with Crippen LogP contribution in [0.2, 0.25) is 0 Å². The van der Waals surface area contributed by atoms with Crippen LogP contribution >= 0.6 is 22.7 Å². The highest BCUT2D eigenvalue weighted by Crippen LogP contribution is 2.38. The number of amides is 1. The SMILES string of the molecule is Cc1nc(-c2c(C)c(C)nn(C)c2=O)sc1C(=O)Nc1nc2cc3c(cc2s1)OCCO3. The van der Waals surface area contributed by atoms with Crippen LogP contribution in [-0.2, 0) is 7.05 Å². The third-order valence-electron chi connectivity index (χ3n) is 5.22. The Kier molecular flexibility index (Phi) is 4.94. The number of hydrogen-bond donors (Lipinski definition) is 1. The summed E-state index contributed by atoms with van der Waals surface area (Å²) in [5.74, 6) is 1.01. The van der Waals surface area contributed by atoms with Crippen LogP contribution < -0.4 is 20.3 Å². The van der Waals surface area contributed by atoms with Crippen LogP contribution in [0.4, 0.5) is 5.13 Å². The predicted octanol–water partition coefficient (Wildman–Crippen LogP) is 3.46. The van der Waals surface area contributed by atoms with E-state index in [1.165, 1.54) is 27.4 Å². The van der Waals surface area contributed by atoms with Crippen molar-refractivity contribution in [2.45, 2.75) is 20.8 Å². The Labute approximate surface area is 190 Å². The number of thiazole rings is 2. The maximum atomic E-state index is 13.0. The van der Waals surface area contributed by atoms with Crippen molar-refractivity contribution in [2.75, 3.05) is 18.5 Å². The van der Waals surface area contributed by atoms with Gasteiger partial charge in [0.2, 0.25) is 0 Å². The number of aryl methyl sites for hydroxylation is 3. The number of carbonyl (C=O) groups excluding carboxylic acids is 1. The Morgan fingerprint density at radius 3 is 2.53 bits per heavy atom. The predicted molar refractivity (Wildman–Crippen MR) is 123 cm³/mol. The van der Waals surface area contributed by atoms with E-state index in [0.717, 1.165) is 21.5 Å². The molecule has 0 fully saturated rings. The van der Waals surface area contributed by atoms with Crippen LogP contribution in [0.25, 0.3) is 20.8 Å². The first-order valence-corrected chi connectivity index (χ1v) is 11.5. The van der Waals surface area contributed by atoms with E-state index in [1.54, 1.807) is 14.0 Å². The van der Waals surface area contributed by atoms with Gasteiger partial charge in [-0.1, -0.05) is 11.3 Å². The van der Waals surface area contributed by atoms with Gasteiger partial charge >= 0.3 is 0 Å². The van der Waals surface area contributed by atoms with E-state index in [9.17, 15) is 9.59 Å². The summed E-state index contributed by atoms with van der Waals surface area (Å²) < 4.78 is 13.4. The van der Waals surface area contributed by atoms with Gasteiger partial charge in [0, 0.05) is 19.2 Å². The van der Waals surface area contributed by atoms with E-state index in [2.05, 4.69) is 20.4 Å². The number of nitrogens with zero attached hydrogens (tertiary/aromatic N) is 4. The van der Waals surface area contributed by atoms with Crippen LogP contribution in [0.1, 0.15) is 26.6 Å². The van der Waals surface area contributed by atoms with Crippen molar-refractivity contribution >= 4 is 43.9 Å². The number of anilines is 1. The number of benzene rings is 1. The minimum atomic E-state index is -0.317. The first kappa shape index (κ1) is 20.6. The molecule has 3 aromatic heterocycles. The van der Waals surface area contributed by atoms with Crippen LogP contribution in [0.3, 0.4) is 0 Å². The minimum Gasteiger partial charge on any atom is -0.486 e. The second-order valence-corrected chi connectivity index (χ2v) is 9.41. The average molecular weight is 470 g/mol. The van der Waals surface area contributed by atoms with Gasteiger partial charge in [0.15, 0.2) is 16.6 Å². The summed E-state index contributed by atoms with van der Waals surface area (Å²) in [4.78, 5) is 35.1. The van der Waals surface area contributed by atoms with Gasteiger partial charge in [-0.2, -0.15) is 5.10 Å². The van der Waals surface area contributed by atoms with Crippen LogP contribution in [-0.4, -0.2) is 38.9 Å². The van der Waals surface area contributed by atoms with E-state index in [0.29, 0.717) is 51.0 Å². The fraction of sp³-hybridized carbons (Fsp3) is 0.286. The van der Waals surface area contributed by atoms with Crippen molar-refractivity contribution in [3.63, 3.8) is 0 Å². The zero-order valence-corrected chi connectivity index (χ0v) is 19.4. The summed E-state index contributed by atoms with van der Waals surface area (Å²) in [5.41, 5.74) is 3.00. The topological polar surface area (TPSA) is 108 Å². The quantitative estimate of drug-likeness (QED) is 0.489. The normalized spacial score (nSPS) is 12.9. The molecular weight excluding hydrogens is 450 g/mol. The van der Waals surface area contributed by atoms with E-state index in [4.69, 9.17) is 9.47 Å². The average Bonchev–Trinajstić information content (AvgIpc) is 3.33.